The fraction of sp³-hybridized carbons (Fsp3) is 0.333. The molecule has 50 valence electrons. The Labute approximate surface area is 58.0 Å². The molecular formula is C6H8O2S. The minimum atomic E-state index is 0.808. The second kappa shape index (κ2) is 2.73. The average molecular weight is 144 g/mol. The Morgan fingerprint density at radius 1 is 1.33 bits per heavy atom. The van der Waals surface area contributed by atoms with Gasteiger partial charge in [0.05, 0.1) is 14.2 Å². The van der Waals surface area contributed by atoms with Crippen molar-refractivity contribution in [2.24, 2.45) is 0 Å². The fourth-order valence-corrected chi connectivity index (χ4v) is 1.26. The average Bonchev–Trinajstić information content (AvgIpc) is 2.33. The molecule has 0 aromatic carbocycles. The van der Waals surface area contributed by atoms with Crippen LogP contribution in [0.25, 0.3) is 0 Å². The maximum absolute atomic E-state index is 4.97. The van der Waals surface area contributed by atoms with Crippen LogP contribution in [-0.2, 0) is 0 Å². The molecule has 2 nitrogen and oxygen atoms in total. The van der Waals surface area contributed by atoms with E-state index in [9.17, 15) is 0 Å². The van der Waals surface area contributed by atoms with E-state index in [0.29, 0.717) is 0 Å². The van der Waals surface area contributed by atoms with Crippen molar-refractivity contribution < 1.29 is 9.47 Å². The van der Waals surface area contributed by atoms with Gasteiger partial charge in [-0.25, -0.2) is 0 Å². The zero-order valence-corrected chi connectivity index (χ0v) is 6.20. The van der Waals surface area contributed by atoms with E-state index in [4.69, 9.17) is 9.47 Å². The Hall–Kier alpha value is -0.700. The molecular weight excluding hydrogens is 136 g/mol. The summed E-state index contributed by atoms with van der Waals surface area (Å²) in [5, 5.41) is 2.76. The smallest absolute Gasteiger partial charge is 0.216 e. The van der Waals surface area contributed by atoms with E-state index in [1.807, 2.05) is 11.4 Å². The highest BCUT2D eigenvalue weighted by Gasteiger charge is 2.00. The summed E-state index contributed by atoms with van der Waals surface area (Å²) in [5.74, 6) is 0.808. The number of methoxy groups -OCH3 is 2. The van der Waals surface area contributed by atoms with E-state index in [0.717, 1.165) is 10.8 Å². The monoisotopic (exact) mass is 144 g/mol. The highest BCUT2D eigenvalue weighted by atomic mass is 32.1. The second-order valence-electron chi connectivity index (χ2n) is 1.48. The molecule has 0 bridgehead atoms. The predicted octanol–water partition coefficient (Wildman–Crippen LogP) is 1.77. The Morgan fingerprint density at radius 3 is 2.56 bits per heavy atom. The summed E-state index contributed by atoms with van der Waals surface area (Å²) in [6.07, 6.45) is 0. The van der Waals surface area contributed by atoms with Crippen molar-refractivity contribution in [3.63, 3.8) is 0 Å². The minimum absolute atomic E-state index is 0.808. The molecule has 0 aliphatic rings. The summed E-state index contributed by atoms with van der Waals surface area (Å²) >= 11 is 1.53. The molecule has 0 fully saturated rings. The number of hydrogen-bond donors (Lipinski definition) is 0. The van der Waals surface area contributed by atoms with Gasteiger partial charge in [0, 0.05) is 0 Å². The first-order chi connectivity index (χ1) is 4.38. The highest BCUT2D eigenvalue weighted by molar-refractivity contribution is 7.12. The van der Waals surface area contributed by atoms with Gasteiger partial charge in [0.2, 0.25) is 5.06 Å². The lowest BCUT2D eigenvalue weighted by Gasteiger charge is -1.97. The zero-order valence-electron chi connectivity index (χ0n) is 5.38. The molecule has 0 unspecified atom stereocenters. The molecule has 0 aliphatic heterocycles. The van der Waals surface area contributed by atoms with Gasteiger partial charge >= 0.3 is 0 Å². The maximum Gasteiger partial charge on any atom is 0.216 e. The number of hydrogen-bond acceptors (Lipinski definition) is 3. The minimum Gasteiger partial charge on any atom is -0.492 e. The Bertz CT molecular complexity index is 164. The molecule has 3 heteroatoms. The van der Waals surface area contributed by atoms with E-state index in [1.165, 1.54) is 11.3 Å². The molecule has 0 spiro atoms. The summed E-state index contributed by atoms with van der Waals surface area (Å²) in [4.78, 5) is 0. The van der Waals surface area contributed by atoms with Crippen molar-refractivity contribution in [3.8, 4) is 10.8 Å². The van der Waals surface area contributed by atoms with Crippen molar-refractivity contribution in [1.29, 1.82) is 0 Å². The van der Waals surface area contributed by atoms with E-state index >= 15 is 0 Å². The summed E-state index contributed by atoms with van der Waals surface area (Å²) < 4.78 is 9.93. The first-order valence-electron chi connectivity index (χ1n) is 2.54. The first-order valence-corrected chi connectivity index (χ1v) is 3.42. The summed E-state index contributed by atoms with van der Waals surface area (Å²) in [5.41, 5.74) is 0. The van der Waals surface area contributed by atoms with Gasteiger partial charge in [-0.1, -0.05) is 0 Å². The Morgan fingerprint density at radius 2 is 2.11 bits per heavy atom. The fourth-order valence-electron chi connectivity index (χ4n) is 0.584. The summed E-state index contributed by atoms with van der Waals surface area (Å²) in [6.45, 7) is 0. The normalized spacial score (nSPS) is 9.11. The molecule has 1 aromatic heterocycles. The number of rotatable bonds is 2. The molecule has 1 rings (SSSR count). The third kappa shape index (κ3) is 1.16. The molecule has 0 saturated heterocycles. The van der Waals surface area contributed by atoms with Gasteiger partial charge in [-0.2, -0.15) is 0 Å². The quantitative estimate of drug-likeness (QED) is 0.629. The lowest BCUT2D eigenvalue weighted by atomic mass is 10.6. The lowest BCUT2D eigenvalue weighted by molar-refractivity contribution is 0.364. The molecule has 1 heterocycles. The van der Waals surface area contributed by atoms with Gasteiger partial charge < -0.3 is 9.47 Å². The number of thiophene rings is 1. The van der Waals surface area contributed by atoms with Crippen LogP contribution in [0.4, 0.5) is 0 Å². The van der Waals surface area contributed by atoms with Gasteiger partial charge in [-0.3, -0.25) is 0 Å². The van der Waals surface area contributed by atoms with Crippen LogP contribution in [0.2, 0.25) is 0 Å². The molecule has 0 N–H and O–H groups in total. The van der Waals surface area contributed by atoms with Crippen LogP contribution in [0.1, 0.15) is 0 Å². The van der Waals surface area contributed by atoms with Gasteiger partial charge in [-0.05, 0) is 11.4 Å². The van der Waals surface area contributed by atoms with Crippen LogP contribution in [0.5, 0.6) is 10.8 Å². The molecule has 0 saturated carbocycles. The van der Waals surface area contributed by atoms with Crippen LogP contribution in [0.3, 0.4) is 0 Å². The van der Waals surface area contributed by atoms with Gasteiger partial charge in [0.25, 0.3) is 0 Å². The Balaban J connectivity index is 2.85. The van der Waals surface area contributed by atoms with Crippen molar-refractivity contribution in [2.45, 2.75) is 0 Å². The summed E-state index contributed by atoms with van der Waals surface area (Å²) in [7, 11) is 3.26. The largest absolute Gasteiger partial charge is 0.492 e. The molecule has 1 aromatic rings. The standard InChI is InChI=1S/C6H8O2S/c1-7-5-3-4-9-6(5)8-2/h3-4H,1-2H3. The Kier molecular flexibility index (Phi) is 1.95. The van der Waals surface area contributed by atoms with Crippen molar-refractivity contribution in [1.82, 2.24) is 0 Å². The third-order valence-electron chi connectivity index (χ3n) is 1.00. The van der Waals surface area contributed by atoms with Crippen molar-refractivity contribution >= 4 is 11.3 Å². The molecule has 9 heavy (non-hydrogen) atoms. The predicted molar refractivity (Wildman–Crippen MR) is 37.4 cm³/mol. The molecule has 0 radical (unpaired) electrons. The van der Waals surface area contributed by atoms with Crippen molar-refractivity contribution in [2.75, 3.05) is 14.2 Å². The van der Waals surface area contributed by atoms with Crippen LogP contribution in [-0.4, -0.2) is 14.2 Å². The number of ether oxygens (including phenoxy) is 2. The maximum atomic E-state index is 4.97. The summed E-state index contributed by atoms with van der Waals surface area (Å²) in [6, 6.07) is 1.88. The second-order valence-corrected chi connectivity index (χ2v) is 2.36. The van der Waals surface area contributed by atoms with Gasteiger partial charge in [0.1, 0.15) is 0 Å². The van der Waals surface area contributed by atoms with E-state index in [2.05, 4.69) is 0 Å². The van der Waals surface area contributed by atoms with Gasteiger partial charge in [-0.15, -0.1) is 11.3 Å². The van der Waals surface area contributed by atoms with Crippen LogP contribution < -0.4 is 9.47 Å². The van der Waals surface area contributed by atoms with Crippen molar-refractivity contribution in [3.05, 3.63) is 11.4 Å². The third-order valence-corrected chi connectivity index (χ3v) is 1.86. The zero-order chi connectivity index (χ0) is 6.69. The first kappa shape index (κ1) is 6.42. The van der Waals surface area contributed by atoms with E-state index in [1.54, 1.807) is 14.2 Å². The van der Waals surface area contributed by atoms with Gasteiger partial charge in [0.15, 0.2) is 5.75 Å². The van der Waals surface area contributed by atoms with E-state index in [-0.39, 0.29) is 0 Å². The molecule has 0 aliphatic carbocycles. The molecule has 0 atom stereocenters. The highest BCUT2D eigenvalue weighted by Crippen LogP contribution is 2.32. The van der Waals surface area contributed by atoms with Crippen LogP contribution in [0, 0.1) is 0 Å². The topological polar surface area (TPSA) is 18.5 Å². The van der Waals surface area contributed by atoms with Crippen LogP contribution in [0.15, 0.2) is 11.4 Å². The van der Waals surface area contributed by atoms with Crippen LogP contribution >= 0.6 is 11.3 Å². The molecule has 0 amide bonds. The SMILES string of the molecule is COc1ccsc1OC. The van der Waals surface area contributed by atoms with E-state index < -0.39 is 0 Å². The lowest BCUT2D eigenvalue weighted by Crippen LogP contribution is -1.83.